The second-order valence-corrected chi connectivity index (χ2v) is 3.91. The lowest BCUT2D eigenvalue weighted by atomic mass is 10.1. The van der Waals surface area contributed by atoms with Gasteiger partial charge in [0.2, 0.25) is 0 Å². The first-order chi connectivity index (χ1) is 6.72. The van der Waals surface area contributed by atoms with Crippen LogP contribution in [0, 0.1) is 0 Å². The minimum Gasteiger partial charge on any atom is -0.0985 e. The van der Waals surface area contributed by atoms with Crippen LogP contribution in [0.2, 0.25) is 0 Å². The van der Waals surface area contributed by atoms with Crippen molar-refractivity contribution in [2.75, 3.05) is 0 Å². The first-order valence-electron chi connectivity index (χ1n) is 5.68. The molecule has 0 atom stereocenters. The van der Waals surface area contributed by atoms with E-state index in [9.17, 15) is 0 Å². The molecule has 0 unspecified atom stereocenters. The molecular formula is C14H24. The molecule has 0 aliphatic heterocycles. The van der Waals surface area contributed by atoms with Crippen molar-refractivity contribution in [2.45, 2.75) is 52.9 Å². The van der Waals surface area contributed by atoms with Gasteiger partial charge in [0.15, 0.2) is 0 Å². The van der Waals surface area contributed by atoms with Gasteiger partial charge in [0.25, 0.3) is 0 Å². The molecule has 0 radical (unpaired) electrons. The molecule has 0 nitrogen and oxygen atoms in total. The average Bonchev–Trinajstić information content (AvgIpc) is 2.16. The molecule has 0 bridgehead atoms. The molecule has 0 spiro atoms. The Balaban J connectivity index is 3.71. The SMILES string of the molecule is C=CC(/C=C/CCCCCC)=C(C)C. The maximum absolute atomic E-state index is 3.80. The third-order valence-corrected chi connectivity index (χ3v) is 2.32. The zero-order valence-electron chi connectivity index (χ0n) is 9.97. The van der Waals surface area contributed by atoms with E-state index < -0.39 is 0 Å². The van der Waals surface area contributed by atoms with Gasteiger partial charge >= 0.3 is 0 Å². The zero-order chi connectivity index (χ0) is 10.8. The summed E-state index contributed by atoms with van der Waals surface area (Å²) in [5, 5.41) is 0. The molecule has 0 aromatic heterocycles. The summed E-state index contributed by atoms with van der Waals surface area (Å²) < 4.78 is 0. The van der Waals surface area contributed by atoms with Gasteiger partial charge in [0.1, 0.15) is 0 Å². The largest absolute Gasteiger partial charge is 0.0985 e. The van der Waals surface area contributed by atoms with E-state index in [0.717, 1.165) is 0 Å². The molecular weight excluding hydrogens is 168 g/mol. The summed E-state index contributed by atoms with van der Waals surface area (Å²) in [6.07, 6.45) is 12.9. The van der Waals surface area contributed by atoms with E-state index in [2.05, 4.69) is 39.5 Å². The summed E-state index contributed by atoms with van der Waals surface area (Å²) in [6, 6.07) is 0. The van der Waals surface area contributed by atoms with E-state index in [-0.39, 0.29) is 0 Å². The first-order valence-corrected chi connectivity index (χ1v) is 5.68. The predicted octanol–water partition coefficient (Wildman–Crippen LogP) is 5.04. The van der Waals surface area contributed by atoms with Crippen LogP contribution < -0.4 is 0 Å². The summed E-state index contributed by atoms with van der Waals surface area (Å²) in [6.45, 7) is 10.3. The zero-order valence-corrected chi connectivity index (χ0v) is 9.97. The second-order valence-electron chi connectivity index (χ2n) is 3.91. The Kier molecular flexibility index (Phi) is 8.31. The molecule has 0 rings (SSSR count). The van der Waals surface area contributed by atoms with Crippen LogP contribution in [0.25, 0.3) is 0 Å². The Morgan fingerprint density at radius 2 is 1.86 bits per heavy atom. The number of hydrogen-bond acceptors (Lipinski definition) is 0. The summed E-state index contributed by atoms with van der Waals surface area (Å²) in [4.78, 5) is 0. The molecule has 0 aromatic carbocycles. The van der Waals surface area contributed by atoms with Gasteiger partial charge in [-0.15, -0.1) is 0 Å². The van der Waals surface area contributed by atoms with Crippen molar-refractivity contribution in [2.24, 2.45) is 0 Å². The molecule has 0 fully saturated rings. The molecule has 80 valence electrons. The summed E-state index contributed by atoms with van der Waals surface area (Å²) >= 11 is 0. The Hall–Kier alpha value is -0.780. The molecule has 0 aliphatic carbocycles. The van der Waals surface area contributed by atoms with Crippen LogP contribution in [0.3, 0.4) is 0 Å². The maximum atomic E-state index is 3.80. The van der Waals surface area contributed by atoms with E-state index in [1.54, 1.807) is 0 Å². The van der Waals surface area contributed by atoms with Gasteiger partial charge in [-0.2, -0.15) is 0 Å². The molecule has 0 saturated heterocycles. The molecule has 0 heteroatoms. The fraction of sp³-hybridized carbons (Fsp3) is 0.571. The van der Waals surface area contributed by atoms with Crippen molar-refractivity contribution < 1.29 is 0 Å². The lowest BCUT2D eigenvalue weighted by Crippen LogP contribution is -1.77. The first kappa shape index (κ1) is 13.2. The fourth-order valence-corrected chi connectivity index (χ4v) is 1.34. The van der Waals surface area contributed by atoms with Gasteiger partial charge < -0.3 is 0 Å². The van der Waals surface area contributed by atoms with E-state index in [4.69, 9.17) is 0 Å². The number of allylic oxidation sites excluding steroid dienone is 5. The fourth-order valence-electron chi connectivity index (χ4n) is 1.34. The molecule has 0 heterocycles. The van der Waals surface area contributed by atoms with Crippen molar-refractivity contribution in [1.82, 2.24) is 0 Å². The monoisotopic (exact) mass is 192 g/mol. The molecule has 0 N–H and O–H groups in total. The van der Waals surface area contributed by atoms with Crippen molar-refractivity contribution in [1.29, 1.82) is 0 Å². The lowest BCUT2D eigenvalue weighted by molar-refractivity contribution is 0.674. The van der Waals surface area contributed by atoms with E-state index in [1.807, 2.05) is 6.08 Å². The van der Waals surface area contributed by atoms with Crippen LogP contribution in [-0.2, 0) is 0 Å². The highest BCUT2D eigenvalue weighted by atomic mass is 13.9. The highest BCUT2D eigenvalue weighted by Crippen LogP contribution is 2.08. The van der Waals surface area contributed by atoms with Crippen LogP contribution in [0.1, 0.15) is 52.9 Å². The van der Waals surface area contributed by atoms with Crippen molar-refractivity contribution in [3.05, 3.63) is 36.0 Å². The quantitative estimate of drug-likeness (QED) is 0.392. The molecule has 14 heavy (non-hydrogen) atoms. The van der Waals surface area contributed by atoms with Crippen LogP contribution in [0.5, 0.6) is 0 Å². The maximum Gasteiger partial charge on any atom is -0.0279 e. The topological polar surface area (TPSA) is 0 Å². The standard InChI is InChI=1S/C14H24/c1-5-7-8-9-10-11-12-14(6-2)13(3)4/h6,11-12H,2,5,7-10H2,1,3-4H3/b12-11+. The summed E-state index contributed by atoms with van der Waals surface area (Å²) in [5.74, 6) is 0. The minimum absolute atomic E-state index is 1.20. The van der Waals surface area contributed by atoms with E-state index >= 15 is 0 Å². The van der Waals surface area contributed by atoms with Crippen molar-refractivity contribution in [3.8, 4) is 0 Å². The van der Waals surface area contributed by atoms with Crippen LogP contribution in [0.4, 0.5) is 0 Å². The third kappa shape index (κ3) is 6.71. The molecule has 0 aliphatic rings. The highest BCUT2D eigenvalue weighted by molar-refractivity contribution is 5.32. The van der Waals surface area contributed by atoms with Gasteiger partial charge in [-0.1, -0.05) is 56.6 Å². The highest BCUT2D eigenvalue weighted by Gasteiger charge is 1.88. The predicted molar refractivity (Wildman–Crippen MR) is 66.5 cm³/mol. The lowest BCUT2D eigenvalue weighted by Gasteiger charge is -1.97. The Morgan fingerprint density at radius 1 is 1.14 bits per heavy atom. The van der Waals surface area contributed by atoms with Crippen molar-refractivity contribution >= 4 is 0 Å². The molecule has 0 aromatic rings. The van der Waals surface area contributed by atoms with Crippen LogP contribution in [-0.4, -0.2) is 0 Å². The van der Waals surface area contributed by atoms with E-state index in [1.165, 1.54) is 43.3 Å². The third-order valence-electron chi connectivity index (χ3n) is 2.32. The Morgan fingerprint density at radius 3 is 2.36 bits per heavy atom. The summed E-state index contributed by atoms with van der Waals surface area (Å²) in [5.41, 5.74) is 2.60. The normalized spacial score (nSPS) is 10.5. The van der Waals surface area contributed by atoms with Gasteiger partial charge in [0, 0.05) is 0 Å². The van der Waals surface area contributed by atoms with Gasteiger partial charge in [-0.25, -0.2) is 0 Å². The van der Waals surface area contributed by atoms with Crippen LogP contribution in [0.15, 0.2) is 36.0 Å². The van der Waals surface area contributed by atoms with Crippen LogP contribution >= 0.6 is 0 Å². The molecule has 0 amide bonds. The molecule has 0 saturated carbocycles. The second kappa shape index (κ2) is 8.80. The number of hydrogen-bond donors (Lipinski definition) is 0. The minimum atomic E-state index is 1.20. The summed E-state index contributed by atoms with van der Waals surface area (Å²) in [7, 11) is 0. The van der Waals surface area contributed by atoms with Gasteiger partial charge in [0.05, 0.1) is 0 Å². The Labute approximate surface area is 89.4 Å². The Bertz CT molecular complexity index is 202. The van der Waals surface area contributed by atoms with Crippen molar-refractivity contribution in [3.63, 3.8) is 0 Å². The van der Waals surface area contributed by atoms with Gasteiger partial charge in [-0.3, -0.25) is 0 Å². The van der Waals surface area contributed by atoms with E-state index in [0.29, 0.717) is 0 Å². The number of rotatable bonds is 7. The average molecular weight is 192 g/mol. The smallest absolute Gasteiger partial charge is 0.0279 e. The van der Waals surface area contributed by atoms with Gasteiger partial charge in [-0.05, 0) is 32.3 Å². The number of unbranched alkanes of at least 4 members (excludes halogenated alkanes) is 4.